The van der Waals surface area contributed by atoms with Crippen molar-refractivity contribution in [3.05, 3.63) is 63.9 Å². The molecule has 0 amide bonds. The number of benzene rings is 2. The van der Waals surface area contributed by atoms with E-state index in [1.807, 2.05) is 33.5 Å². The van der Waals surface area contributed by atoms with Crippen molar-refractivity contribution in [3.8, 4) is 17.1 Å². The molecule has 146 valence electrons. The number of likely N-dealkylation sites (tertiary alicyclic amines) is 1. The maximum absolute atomic E-state index is 9.98. The van der Waals surface area contributed by atoms with Crippen LogP contribution in [0.5, 0.6) is 0 Å². The molecule has 1 aliphatic heterocycles. The van der Waals surface area contributed by atoms with Crippen LogP contribution in [0.2, 0.25) is 5.02 Å². The molecule has 0 radical (unpaired) electrons. The topological polar surface area (TPSA) is 46.2 Å². The van der Waals surface area contributed by atoms with E-state index in [2.05, 4.69) is 36.1 Å². The molecular formula is C21H23ClN4OS. The van der Waals surface area contributed by atoms with Crippen molar-refractivity contribution in [2.24, 2.45) is 0 Å². The molecule has 0 aliphatic carbocycles. The fourth-order valence-electron chi connectivity index (χ4n) is 3.56. The Morgan fingerprint density at radius 2 is 1.86 bits per heavy atom. The average molecular weight is 415 g/mol. The van der Waals surface area contributed by atoms with Gasteiger partial charge in [-0.05, 0) is 68.4 Å². The van der Waals surface area contributed by atoms with E-state index in [0.29, 0.717) is 23.0 Å². The summed E-state index contributed by atoms with van der Waals surface area (Å²) >= 11 is 11.9. The van der Waals surface area contributed by atoms with Crippen LogP contribution in [0, 0.1) is 11.7 Å². The molecule has 0 bridgehead atoms. The molecule has 3 aromatic rings. The summed E-state index contributed by atoms with van der Waals surface area (Å²) in [7, 11) is 0. The summed E-state index contributed by atoms with van der Waals surface area (Å²) in [6.45, 7) is 4.21. The van der Waals surface area contributed by atoms with Gasteiger partial charge in [0, 0.05) is 29.4 Å². The van der Waals surface area contributed by atoms with Crippen LogP contribution < -0.4 is 0 Å². The Bertz CT molecular complexity index is 1010. The predicted octanol–water partition coefficient (Wildman–Crippen LogP) is 4.45. The van der Waals surface area contributed by atoms with Crippen LogP contribution in [-0.4, -0.2) is 43.5 Å². The van der Waals surface area contributed by atoms with E-state index < -0.39 is 0 Å². The minimum atomic E-state index is -0.280. The molecule has 1 saturated heterocycles. The molecule has 0 unspecified atom stereocenters. The lowest BCUT2D eigenvalue weighted by atomic mass is 10.1. The number of aliphatic hydroxyl groups excluding tert-OH is 1. The molecule has 1 N–H and O–H groups in total. The number of halogens is 1. The molecule has 1 fully saturated rings. The first-order chi connectivity index (χ1) is 13.5. The lowest BCUT2D eigenvalue weighted by molar-refractivity contribution is 0.0513. The smallest absolute Gasteiger partial charge is 0.204 e. The van der Waals surface area contributed by atoms with Gasteiger partial charge in [0.2, 0.25) is 4.77 Å². The van der Waals surface area contributed by atoms with Gasteiger partial charge in [-0.15, -0.1) is 5.10 Å². The third-order valence-electron chi connectivity index (χ3n) is 5.05. The highest BCUT2D eigenvalue weighted by Crippen LogP contribution is 2.25. The monoisotopic (exact) mass is 414 g/mol. The lowest BCUT2D eigenvalue weighted by Crippen LogP contribution is -2.39. The van der Waals surface area contributed by atoms with E-state index in [9.17, 15) is 5.11 Å². The van der Waals surface area contributed by atoms with Gasteiger partial charge in [-0.2, -0.15) is 0 Å². The molecule has 28 heavy (non-hydrogen) atoms. The van der Waals surface area contributed by atoms with E-state index >= 15 is 0 Å². The number of piperidine rings is 1. The average Bonchev–Trinajstić information content (AvgIpc) is 2.99. The van der Waals surface area contributed by atoms with E-state index in [-0.39, 0.29) is 6.10 Å². The maximum Gasteiger partial charge on any atom is 0.204 e. The predicted molar refractivity (Wildman–Crippen MR) is 114 cm³/mol. The van der Waals surface area contributed by atoms with E-state index in [1.165, 1.54) is 5.56 Å². The van der Waals surface area contributed by atoms with Gasteiger partial charge in [0.25, 0.3) is 0 Å². The molecule has 2 aromatic carbocycles. The molecule has 1 aromatic heterocycles. The summed E-state index contributed by atoms with van der Waals surface area (Å²) in [6, 6.07) is 15.9. The van der Waals surface area contributed by atoms with Crippen molar-refractivity contribution >= 4 is 23.8 Å². The highest BCUT2D eigenvalue weighted by atomic mass is 35.5. The Morgan fingerprint density at radius 1 is 1.14 bits per heavy atom. The van der Waals surface area contributed by atoms with Gasteiger partial charge in [-0.3, -0.25) is 9.47 Å². The summed E-state index contributed by atoms with van der Waals surface area (Å²) in [5, 5.41) is 15.5. The second kappa shape index (κ2) is 8.17. The lowest BCUT2D eigenvalue weighted by Gasteiger charge is -2.29. The van der Waals surface area contributed by atoms with Crippen LogP contribution in [0.3, 0.4) is 0 Å². The number of aromatic nitrogens is 3. The first-order valence-corrected chi connectivity index (χ1v) is 10.2. The molecule has 4 rings (SSSR count). The van der Waals surface area contributed by atoms with Crippen LogP contribution in [0.4, 0.5) is 0 Å². The third-order valence-corrected chi connectivity index (χ3v) is 5.69. The van der Waals surface area contributed by atoms with Crippen molar-refractivity contribution in [2.45, 2.75) is 32.5 Å². The Hall–Kier alpha value is -1.99. The molecule has 0 saturated carbocycles. The second-order valence-electron chi connectivity index (χ2n) is 7.30. The van der Waals surface area contributed by atoms with Gasteiger partial charge < -0.3 is 5.11 Å². The fourth-order valence-corrected chi connectivity index (χ4v) is 3.98. The van der Waals surface area contributed by atoms with Crippen molar-refractivity contribution in [3.63, 3.8) is 0 Å². The summed E-state index contributed by atoms with van der Waals surface area (Å²) in [6.07, 6.45) is 1.56. The van der Waals surface area contributed by atoms with Gasteiger partial charge in [-0.1, -0.05) is 29.3 Å². The Morgan fingerprint density at radius 3 is 2.54 bits per heavy atom. The fraction of sp³-hybridized carbons (Fsp3) is 0.333. The van der Waals surface area contributed by atoms with Crippen LogP contribution in [0.1, 0.15) is 18.4 Å². The zero-order valence-electron chi connectivity index (χ0n) is 15.8. The van der Waals surface area contributed by atoms with Gasteiger partial charge >= 0.3 is 0 Å². The molecule has 0 spiro atoms. The normalized spacial score (nSPS) is 17.8. The number of hydrogen-bond donors (Lipinski definition) is 1. The quantitative estimate of drug-likeness (QED) is 0.641. The zero-order valence-corrected chi connectivity index (χ0v) is 17.3. The van der Waals surface area contributed by atoms with Gasteiger partial charge in [0.1, 0.15) is 0 Å². The summed E-state index contributed by atoms with van der Waals surface area (Å²) < 4.78 is 4.48. The van der Waals surface area contributed by atoms with Crippen molar-refractivity contribution < 1.29 is 5.11 Å². The van der Waals surface area contributed by atoms with Crippen LogP contribution in [0.25, 0.3) is 17.1 Å². The summed E-state index contributed by atoms with van der Waals surface area (Å²) in [4.78, 5) is 2.20. The number of β-amino-alcohol motifs (C(OH)–C–C–N with tert-alkyl or cyclic N) is 1. The van der Waals surface area contributed by atoms with Crippen molar-refractivity contribution in [2.75, 3.05) is 13.1 Å². The molecular weight excluding hydrogens is 392 g/mol. The minimum Gasteiger partial charge on any atom is -0.392 e. The van der Waals surface area contributed by atoms with E-state index in [4.69, 9.17) is 28.9 Å². The van der Waals surface area contributed by atoms with E-state index in [0.717, 1.165) is 36.5 Å². The Balaban J connectivity index is 1.78. The van der Waals surface area contributed by atoms with Crippen LogP contribution >= 0.6 is 23.8 Å². The standard InChI is InChI=1S/C21H23ClN4OS/c1-15-4-10-18(11-5-15)26-20(16-6-8-17(22)9-7-16)23-25(21(26)28)14-24-12-2-3-19(27)13-24/h4-11,19,27H,2-3,12-14H2,1H3/t19-/m0/s1. The van der Waals surface area contributed by atoms with Gasteiger partial charge in [0.15, 0.2) is 5.82 Å². The number of nitrogens with zero attached hydrogens (tertiary/aromatic N) is 4. The number of aryl methyl sites for hydroxylation is 1. The Kier molecular flexibility index (Phi) is 5.64. The second-order valence-corrected chi connectivity index (χ2v) is 8.10. The zero-order chi connectivity index (χ0) is 19.7. The first-order valence-electron chi connectivity index (χ1n) is 9.44. The number of rotatable bonds is 4. The highest BCUT2D eigenvalue weighted by molar-refractivity contribution is 7.71. The van der Waals surface area contributed by atoms with Crippen LogP contribution in [0.15, 0.2) is 48.5 Å². The number of hydrogen-bond acceptors (Lipinski definition) is 4. The minimum absolute atomic E-state index is 0.280. The summed E-state index contributed by atoms with van der Waals surface area (Å²) in [5.41, 5.74) is 3.12. The number of aliphatic hydroxyl groups is 1. The molecule has 1 atom stereocenters. The SMILES string of the molecule is Cc1ccc(-n2c(-c3ccc(Cl)cc3)nn(CN3CCC[C@H](O)C3)c2=S)cc1. The Labute approximate surface area is 174 Å². The largest absolute Gasteiger partial charge is 0.392 e. The molecule has 5 nitrogen and oxygen atoms in total. The summed E-state index contributed by atoms with van der Waals surface area (Å²) in [5.74, 6) is 0.781. The molecule has 2 heterocycles. The molecule has 7 heteroatoms. The van der Waals surface area contributed by atoms with E-state index in [1.54, 1.807) is 0 Å². The first kappa shape index (κ1) is 19.3. The van der Waals surface area contributed by atoms with Crippen molar-refractivity contribution in [1.82, 2.24) is 19.2 Å². The third kappa shape index (κ3) is 4.05. The highest BCUT2D eigenvalue weighted by Gasteiger charge is 2.20. The maximum atomic E-state index is 9.98. The molecule has 1 aliphatic rings. The van der Waals surface area contributed by atoms with Gasteiger partial charge in [-0.25, -0.2) is 4.68 Å². The van der Waals surface area contributed by atoms with Crippen LogP contribution in [-0.2, 0) is 6.67 Å². The van der Waals surface area contributed by atoms with Gasteiger partial charge in [0.05, 0.1) is 12.8 Å². The van der Waals surface area contributed by atoms with Crippen molar-refractivity contribution in [1.29, 1.82) is 0 Å².